The molecule has 0 saturated heterocycles. The number of nitrogens with one attached hydrogen (secondary N) is 1. The Labute approximate surface area is 205 Å². The van der Waals surface area contributed by atoms with Crippen molar-refractivity contribution in [3.05, 3.63) is 87.4 Å². The zero-order chi connectivity index (χ0) is 23.8. The van der Waals surface area contributed by atoms with Crippen LogP contribution in [0.1, 0.15) is 29.3 Å². The van der Waals surface area contributed by atoms with E-state index in [0.29, 0.717) is 33.0 Å². The number of benzene rings is 3. The third-order valence-corrected chi connectivity index (χ3v) is 6.22. The number of hydrogen-bond acceptors (Lipinski definition) is 6. The quantitative estimate of drug-likeness (QED) is 0.166. The second-order valence-electron chi connectivity index (χ2n) is 6.75. The van der Waals surface area contributed by atoms with Crippen molar-refractivity contribution in [3.8, 4) is 11.5 Å². The van der Waals surface area contributed by atoms with E-state index in [1.807, 2.05) is 6.92 Å². The third-order valence-electron chi connectivity index (χ3n) is 4.24. The number of carbonyl (C=O) groups excluding carboxylic acids is 1. The van der Waals surface area contributed by atoms with Crippen molar-refractivity contribution < 1.29 is 22.7 Å². The molecule has 0 aliphatic heterocycles. The Morgan fingerprint density at radius 2 is 1.79 bits per heavy atom. The number of esters is 1. The highest BCUT2D eigenvalue weighted by Crippen LogP contribution is 2.23. The molecule has 0 heterocycles. The Bertz CT molecular complexity index is 1250. The molecule has 7 nitrogen and oxygen atoms in total. The number of ether oxygens (including phenoxy) is 2. The van der Waals surface area contributed by atoms with Gasteiger partial charge in [-0.15, -0.1) is 0 Å². The van der Waals surface area contributed by atoms with Crippen LogP contribution < -0.4 is 14.3 Å². The molecule has 0 bridgehead atoms. The molecule has 0 atom stereocenters. The van der Waals surface area contributed by atoms with E-state index in [-0.39, 0.29) is 10.6 Å². The Morgan fingerprint density at radius 3 is 2.45 bits per heavy atom. The van der Waals surface area contributed by atoms with Crippen LogP contribution in [0, 0.1) is 0 Å². The highest BCUT2D eigenvalue weighted by molar-refractivity contribution is 9.10. The Hall–Kier alpha value is -2.88. The van der Waals surface area contributed by atoms with Gasteiger partial charge in [0.15, 0.2) is 0 Å². The van der Waals surface area contributed by atoms with E-state index < -0.39 is 16.0 Å². The van der Waals surface area contributed by atoms with Crippen molar-refractivity contribution in [1.82, 2.24) is 4.83 Å². The summed E-state index contributed by atoms with van der Waals surface area (Å²) >= 11 is 9.14. The molecule has 0 spiro atoms. The Kier molecular flexibility index (Phi) is 8.49. The predicted molar refractivity (Wildman–Crippen MR) is 131 cm³/mol. The molecular weight excluding hydrogens is 532 g/mol. The number of sulfonamides is 1. The number of rotatable bonds is 9. The molecule has 1 N–H and O–H groups in total. The van der Waals surface area contributed by atoms with Gasteiger partial charge in [0.1, 0.15) is 11.5 Å². The van der Waals surface area contributed by atoms with Crippen molar-refractivity contribution in [3.63, 3.8) is 0 Å². The Morgan fingerprint density at radius 1 is 1.09 bits per heavy atom. The summed E-state index contributed by atoms with van der Waals surface area (Å²) in [6.07, 6.45) is 2.13. The summed E-state index contributed by atoms with van der Waals surface area (Å²) in [7, 11) is -3.88. The topological polar surface area (TPSA) is 94.1 Å². The highest BCUT2D eigenvalue weighted by atomic mass is 79.9. The van der Waals surface area contributed by atoms with Crippen LogP contribution in [0.4, 0.5) is 0 Å². The van der Waals surface area contributed by atoms with E-state index in [1.54, 1.807) is 42.5 Å². The molecule has 0 aromatic heterocycles. The van der Waals surface area contributed by atoms with Gasteiger partial charge in [-0.05, 0) is 73.2 Å². The van der Waals surface area contributed by atoms with Gasteiger partial charge >= 0.3 is 5.97 Å². The van der Waals surface area contributed by atoms with Gasteiger partial charge in [0.25, 0.3) is 10.0 Å². The molecule has 10 heteroatoms. The molecule has 3 aromatic rings. The maximum Gasteiger partial charge on any atom is 0.343 e. The molecule has 0 fully saturated rings. The molecule has 172 valence electrons. The summed E-state index contributed by atoms with van der Waals surface area (Å²) < 4.78 is 36.5. The zero-order valence-electron chi connectivity index (χ0n) is 17.5. The smallest absolute Gasteiger partial charge is 0.343 e. The molecule has 3 aromatic carbocycles. The van der Waals surface area contributed by atoms with E-state index in [0.717, 1.165) is 6.42 Å². The molecular formula is C23H20BrClN2O5S. The van der Waals surface area contributed by atoms with Gasteiger partial charge in [-0.2, -0.15) is 13.5 Å². The standard InChI is InChI=1S/C23H20BrClN2O5S/c1-2-13-31-20-8-3-16(4-9-20)23(28)32-22-12-5-18(24)14-17(22)15-26-27-33(29,30)21-10-6-19(25)7-11-21/h3-12,14-15,27H,2,13H2,1H3/b26-15-. The first kappa shape index (κ1) is 24.8. The first-order valence-electron chi connectivity index (χ1n) is 9.83. The van der Waals surface area contributed by atoms with Gasteiger partial charge in [0, 0.05) is 15.1 Å². The van der Waals surface area contributed by atoms with Gasteiger partial charge in [-0.1, -0.05) is 34.5 Å². The van der Waals surface area contributed by atoms with Crippen LogP contribution in [-0.4, -0.2) is 27.2 Å². The second-order valence-corrected chi connectivity index (χ2v) is 9.76. The zero-order valence-corrected chi connectivity index (χ0v) is 20.7. The molecule has 0 amide bonds. The van der Waals surface area contributed by atoms with Crippen LogP contribution in [0.15, 0.2) is 81.2 Å². The molecule has 0 saturated carbocycles. The largest absolute Gasteiger partial charge is 0.494 e. The monoisotopic (exact) mass is 550 g/mol. The summed E-state index contributed by atoms with van der Waals surface area (Å²) in [5, 5.41) is 4.23. The van der Waals surface area contributed by atoms with Crippen molar-refractivity contribution >= 4 is 49.7 Å². The Balaban J connectivity index is 1.73. The molecule has 0 aliphatic carbocycles. The normalized spacial score (nSPS) is 11.4. The number of hydrogen-bond donors (Lipinski definition) is 1. The van der Waals surface area contributed by atoms with Crippen molar-refractivity contribution in [2.45, 2.75) is 18.2 Å². The van der Waals surface area contributed by atoms with Gasteiger partial charge in [-0.3, -0.25) is 0 Å². The van der Waals surface area contributed by atoms with Gasteiger partial charge in [-0.25, -0.2) is 9.63 Å². The summed E-state index contributed by atoms with van der Waals surface area (Å²) in [6.45, 7) is 2.60. The lowest BCUT2D eigenvalue weighted by Crippen LogP contribution is -2.18. The highest BCUT2D eigenvalue weighted by Gasteiger charge is 2.14. The minimum Gasteiger partial charge on any atom is -0.494 e. The fourth-order valence-corrected chi connectivity index (χ4v) is 3.91. The average Bonchev–Trinajstić information content (AvgIpc) is 2.80. The molecule has 0 radical (unpaired) electrons. The van der Waals surface area contributed by atoms with E-state index in [4.69, 9.17) is 21.1 Å². The molecule has 33 heavy (non-hydrogen) atoms. The van der Waals surface area contributed by atoms with Gasteiger partial charge in [0.2, 0.25) is 0 Å². The number of carbonyl (C=O) groups is 1. The maximum absolute atomic E-state index is 12.6. The fourth-order valence-electron chi connectivity index (χ4n) is 2.61. The van der Waals surface area contributed by atoms with E-state index in [9.17, 15) is 13.2 Å². The first-order chi connectivity index (χ1) is 15.8. The second kappa shape index (κ2) is 11.3. The summed E-state index contributed by atoms with van der Waals surface area (Å²) in [6, 6.07) is 17.2. The van der Waals surface area contributed by atoms with Crippen molar-refractivity contribution in [1.29, 1.82) is 0 Å². The minimum absolute atomic E-state index is 0.0105. The van der Waals surface area contributed by atoms with Crippen LogP contribution in [0.2, 0.25) is 5.02 Å². The molecule has 0 aliphatic rings. The lowest BCUT2D eigenvalue weighted by molar-refractivity contribution is 0.0734. The first-order valence-corrected chi connectivity index (χ1v) is 12.5. The lowest BCUT2D eigenvalue weighted by Gasteiger charge is -2.09. The lowest BCUT2D eigenvalue weighted by atomic mass is 10.2. The molecule has 3 rings (SSSR count). The summed E-state index contributed by atoms with van der Waals surface area (Å²) in [5.41, 5.74) is 0.729. The van der Waals surface area contributed by atoms with Crippen LogP contribution in [0.3, 0.4) is 0 Å². The fraction of sp³-hybridized carbons (Fsp3) is 0.130. The maximum atomic E-state index is 12.6. The summed E-state index contributed by atoms with van der Waals surface area (Å²) in [4.78, 5) is 14.7. The third kappa shape index (κ3) is 7.05. The average molecular weight is 552 g/mol. The number of nitrogens with zero attached hydrogens (tertiary/aromatic N) is 1. The SMILES string of the molecule is CCCOc1ccc(C(=O)Oc2ccc(Br)cc2/C=N\NS(=O)(=O)c2ccc(Cl)cc2)cc1. The minimum atomic E-state index is -3.88. The van der Waals surface area contributed by atoms with E-state index in [2.05, 4.69) is 25.9 Å². The van der Waals surface area contributed by atoms with E-state index in [1.165, 1.54) is 30.5 Å². The van der Waals surface area contributed by atoms with E-state index >= 15 is 0 Å². The van der Waals surface area contributed by atoms with Crippen LogP contribution in [0.25, 0.3) is 0 Å². The van der Waals surface area contributed by atoms with Gasteiger partial charge in [0.05, 0.1) is 23.3 Å². The van der Waals surface area contributed by atoms with Crippen LogP contribution >= 0.6 is 27.5 Å². The van der Waals surface area contributed by atoms with Crippen LogP contribution in [-0.2, 0) is 10.0 Å². The predicted octanol–water partition coefficient (Wildman–Crippen LogP) is 5.42. The summed E-state index contributed by atoms with van der Waals surface area (Å²) in [5.74, 6) is 0.303. The van der Waals surface area contributed by atoms with Crippen molar-refractivity contribution in [2.24, 2.45) is 5.10 Å². The molecule has 0 unspecified atom stereocenters. The van der Waals surface area contributed by atoms with Crippen molar-refractivity contribution in [2.75, 3.05) is 6.61 Å². The number of hydrazone groups is 1. The number of halogens is 2. The van der Waals surface area contributed by atoms with Crippen LogP contribution in [0.5, 0.6) is 11.5 Å². The van der Waals surface area contributed by atoms with Gasteiger partial charge < -0.3 is 9.47 Å².